The molecule has 26 heavy (non-hydrogen) atoms. The van der Waals surface area contributed by atoms with Gasteiger partial charge in [-0.15, -0.1) is 0 Å². The molecule has 1 saturated heterocycles. The fourth-order valence-corrected chi connectivity index (χ4v) is 3.07. The average molecular weight is 352 g/mol. The first kappa shape index (κ1) is 18.0. The van der Waals surface area contributed by atoms with Crippen molar-refractivity contribution < 1.29 is 14.3 Å². The van der Waals surface area contributed by atoms with Crippen LogP contribution in [0, 0.1) is 5.92 Å². The van der Waals surface area contributed by atoms with E-state index >= 15 is 0 Å². The molecule has 5 nitrogen and oxygen atoms in total. The van der Waals surface area contributed by atoms with Crippen LogP contribution in [0.1, 0.15) is 18.4 Å². The summed E-state index contributed by atoms with van der Waals surface area (Å²) in [5.74, 6) is 0.701. The van der Waals surface area contributed by atoms with Crippen molar-refractivity contribution in [2.75, 3.05) is 19.7 Å². The predicted octanol–water partition coefficient (Wildman–Crippen LogP) is 2.62. The van der Waals surface area contributed by atoms with E-state index in [0.717, 1.165) is 5.56 Å². The molecule has 1 N–H and O–H groups in total. The molecule has 0 spiro atoms. The predicted molar refractivity (Wildman–Crippen MR) is 99.5 cm³/mol. The summed E-state index contributed by atoms with van der Waals surface area (Å²) in [5.41, 5.74) is 1.09. The summed E-state index contributed by atoms with van der Waals surface area (Å²) in [5, 5.41) is 2.99. The highest BCUT2D eigenvalue weighted by Crippen LogP contribution is 2.18. The van der Waals surface area contributed by atoms with Crippen molar-refractivity contribution in [1.82, 2.24) is 10.2 Å². The number of piperidine rings is 1. The summed E-state index contributed by atoms with van der Waals surface area (Å²) in [6.45, 7) is 1.78. The number of hydrogen-bond donors (Lipinski definition) is 1. The Hall–Kier alpha value is -2.82. The van der Waals surface area contributed by atoms with Gasteiger partial charge in [-0.2, -0.15) is 0 Å². The van der Waals surface area contributed by atoms with Crippen molar-refractivity contribution in [1.29, 1.82) is 0 Å². The SMILES string of the molecule is O=C(NCc1ccccc1)C1CCN(C(=O)COc2ccccc2)CC1. The Kier molecular flexibility index (Phi) is 6.25. The molecule has 0 aromatic heterocycles. The first-order valence-electron chi connectivity index (χ1n) is 8.99. The summed E-state index contributed by atoms with van der Waals surface area (Å²) in [6.07, 6.45) is 1.38. The molecule has 1 heterocycles. The third-order valence-electron chi connectivity index (χ3n) is 4.63. The average Bonchev–Trinajstić information content (AvgIpc) is 2.72. The Morgan fingerprint density at radius 3 is 2.23 bits per heavy atom. The molecule has 136 valence electrons. The fraction of sp³-hybridized carbons (Fsp3) is 0.333. The van der Waals surface area contributed by atoms with Crippen molar-refractivity contribution in [2.24, 2.45) is 5.92 Å². The smallest absolute Gasteiger partial charge is 0.260 e. The van der Waals surface area contributed by atoms with Crippen LogP contribution in [0.15, 0.2) is 60.7 Å². The number of amides is 2. The van der Waals surface area contributed by atoms with E-state index in [4.69, 9.17) is 4.74 Å². The molecule has 2 amide bonds. The van der Waals surface area contributed by atoms with E-state index < -0.39 is 0 Å². The summed E-state index contributed by atoms with van der Waals surface area (Å²) < 4.78 is 5.51. The zero-order valence-electron chi connectivity index (χ0n) is 14.8. The Morgan fingerprint density at radius 2 is 1.58 bits per heavy atom. The van der Waals surface area contributed by atoms with Crippen LogP contribution in [-0.2, 0) is 16.1 Å². The molecule has 3 rings (SSSR count). The van der Waals surface area contributed by atoms with E-state index in [1.807, 2.05) is 60.7 Å². The standard InChI is InChI=1S/C21H24N2O3/c24-20(16-26-19-9-5-2-6-10-19)23-13-11-18(12-14-23)21(25)22-15-17-7-3-1-4-8-17/h1-10,18H,11-16H2,(H,22,25). The van der Waals surface area contributed by atoms with Crippen LogP contribution >= 0.6 is 0 Å². The number of para-hydroxylation sites is 1. The Balaban J connectivity index is 1.39. The first-order valence-corrected chi connectivity index (χ1v) is 8.99. The molecular formula is C21H24N2O3. The number of hydrogen-bond acceptors (Lipinski definition) is 3. The summed E-state index contributed by atoms with van der Waals surface area (Å²) in [6, 6.07) is 19.2. The highest BCUT2D eigenvalue weighted by Gasteiger charge is 2.27. The molecule has 0 atom stereocenters. The summed E-state index contributed by atoms with van der Waals surface area (Å²) in [4.78, 5) is 26.4. The lowest BCUT2D eigenvalue weighted by Gasteiger charge is -2.31. The van der Waals surface area contributed by atoms with E-state index in [-0.39, 0.29) is 24.3 Å². The van der Waals surface area contributed by atoms with Gasteiger partial charge in [0.1, 0.15) is 5.75 Å². The molecule has 0 radical (unpaired) electrons. The number of ether oxygens (including phenoxy) is 1. The van der Waals surface area contributed by atoms with Crippen molar-refractivity contribution in [3.05, 3.63) is 66.2 Å². The van der Waals surface area contributed by atoms with Gasteiger partial charge < -0.3 is 15.0 Å². The van der Waals surface area contributed by atoms with Gasteiger partial charge in [-0.3, -0.25) is 9.59 Å². The molecule has 1 aliphatic rings. The van der Waals surface area contributed by atoms with Gasteiger partial charge in [-0.1, -0.05) is 48.5 Å². The van der Waals surface area contributed by atoms with Crippen LogP contribution in [0.5, 0.6) is 5.75 Å². The molecule has 0 unspecified atom stereocenters. The largest absolute Gasteiger partial charge is 0.484 e. The van der Waals surface area contributed by atoms with E-state index in [9.17, 15) is 9.59 Å². The minimum absolute atomic E-state index is 0.0298. The van der Waals surface area contributed by atoms with Gasteiger partial charge in [0.05, 0.1) is 0 Å². The Morgan fingerprint density at radius 1 is 0.962 bits per heavy atom. The van der Waals surface area contributed by atoms with Crippen LogP contribution < -0.4 is 10.1 Å². The van der Waals surface area contributed by atoms with Gasteiger partial charge >= 0.3 is 0 Å². The van der Waals surface area contributed by atoms with Gasteiger partial charge in [0.15, 0.2) is 6.61 Å². The molecule has 2 aromatic carbocycles. The minimum atomic E-state index is -0.0306. The lowest BCUT2D eigenvalue weighted by Crippen LogP contribution is -2.44. The van der Waals surface area contributed by atoms with Crippen LogP contribution in [0.3, 0.4) is 0 Å². The Labute approximate surface area is 154 Å². The lowest BCUT2D eigenvalue weighted by atomic mass is 9.96. The van der Waals surface area contributed by atoms with Crippen LogP contribution in [0.2, 0.25) is 0 Å². The van der Waals surface area contributed by atoms with Crippen LogP contribution in [0.4, 0.5) is 0 Å². The number of benzene rings is 2. The zero-order valence-corrected chi connectivity index (χ0v) is 14.8. The number of carbonyl (C=O) groups excluding carboxylic acids is 2. The van der Waals surface area contributed by atoms with Gasteiger partial charge in [-0.05, 0) is 30.5 Å². The van der Waals surface area contributed by atoms with Gasteiger partial charge in [-0.25, -0.2) is 0 Å². The topological polar surface area (TPSA) is 58.6 Å². The second-order valence-corrected chi connectivity index (χ2v) is 6.46. The Bertz CT molecular complexity index is 647. The maximum atomic E-state index is 12.3. The highest BCUT2D eigenvalue weighted by atomic mass is 16.5. The highest BCUT2D eigenvalue weighted by molar-refractivity contribution is 5.80. The number of carbonyl (C=O) groups is 2. The number of likely N-dealkylation sites (tertiary alicyclic amines) is 1. The number of nitrogens with one attached hydrogen (secondary N) is 1. The van der Waals surface area contributed by atoms with Crippen LogP contribution in [0.25, 0.3) is 0 Å². The maximum Gasteiger partial charge on any atom is 0.260 e. The van der Waals surface area contributed by atoms with Crippen molar-refractivity contribution in [3.63, 3.8) is 0 Å². The van der Waals surface area contributed by atoms with E-state index in [2.05, 4.69) is 5.32 Å². The van der Waals surface area contributed by atoms with Crippen molar-refractivity contribution >= 4 is 11.8 Å². The summed E-state index contributed by atoms with van der Waals surface area (Å²) >= 11 is 0. The lowest BCUT2D eigenvalue weighted by molar-refractivity contribution is -0.137. The molecule has 0 saturated carbocycles. The minimum Gasteiger partial charge on any atom is -0.484 e. The second kappa shape index (κ2) is 9.04. The third-order valence-corrected chi connectivity index (χ3v) is 4.63. The molecule has 0 aliphatic carbocycles. The first-order chi connectivity index (χ1) is 12.7. The van der Waals surface area contributed by atoms with Crippen molar-refractivity contribution in [3.8, 4) is 5.75 Å². The second-order valence-electron chi connectivity index (χ2n) is 6.46. The monoisotopic (exact) mass is 352 g/mol. The molecular weight excluding hydrogens is 328 g/mol. The van der Waals surface area contributed by atoms with E-state index in [1.54, 1.807) is 4.90 Å². The van der Waals surface area contributed by atoms with Crippen LogP contribution in [-0.4, -0.2) is 36.4 Å². The van der Waals surface area contributed by atoms with Gasteiger partial charge in [0.25, 0.3) is 5.91 Å². The molecule has 1 fully saturated rings. The number of rotatable bonds is 6. The van der Waals surface area contributed by atoms with E-state index in [0.29, 0.717) is 38.2 Å². The van der Waals surface area contributed by atoms with Crippen molar-refractivity contribution in [2.45, 2.75) is 19.4 Å². The maximum absolute atomic E-state index is 12.3. The summed E-state index contributed by atoms with van der Waals surface area (Å²) in [7, 11) is 0. The molecule has 0 bridgehead atoms. The molecule has 1 aliphatic heterocycles. The van der Waals surface area contributed by atoms with Gasteiger partial charge in [0.2, 0.25) is 5.91 Å². The number of nitrogens with zero attached hydrogens (tertiary/aromatic N) is 1. The van der Waals surface area contributed by atoms with E-state index in [1.165, 1.54) is 0 Å². The quantitative estimate of drug-likeness (QED) is 0.869. The third kappa shape index (κ3) is 5.09. The zero-order chi connectivity index (χ0) is 18.2. The molecule has 5 heteroatoms. The normalized spacial score (nSPS) is 14.7. The van der Waals surface area contributed by atoms with Gasteiger partial charge in [0, 0.05) is 25.6 Å². The molecule has 2 aromatic rings. The fourth-order valence-electron chi connectivity index (χ4n) is 3.07.